The van der Waals surface area contributed by atoms with Gasteiger partial charge >= 0.3 is 0 Å². The third-order valence-corrected chi connectivity index (χ3v) is 4.30. The fourth-order valence-corrected chi connectivity index (χ4v) is 2.81. The molecule has 2 aromatic carbocycles. The normalized spacial score (nSPS) is 10.5. The zero-order valence-corrected chi connectivity index (χ0v) is 14.5. The Morgan fingerprint density at radius 1 is 1.00 bits per heavy atom. The molecule has 0 saturated carbocycles. The third-order valence-electron chi connectivity index (χ3n) is 3.62. The molecule has 0 radical (unpaired) electrons. The molecular weight excluding hydrogens is 362 g/mol. The summed E-state index contributed by atoms with van der Waals surface area (Å²) in [6.45, 7) is 0.139. The summed E-state index contributed by atoms with van der Waals surface area (Å²) in [5.74, 6) is -0.298. The van der Waals surface area contributed by atoms with Crippen molar-refractivity contribution in [3.05, 3.63) is 93.8 Å². The Morgan fingerprint density at radius 3 is 2.44 bits per heavy atom. The first-order valence-electron chi connectivity index (χ1n) is 7.47. The molecule has 0 atom stereocenters. The van der Waals surface area contributed by atoms with Crippen molar-refractivity contribution >= 4 is 34.9 Å². The number of amides is 1. The number of benzene rings is 2. The number of nitrogens with zero attached hydrogens (tertiary/aromatic N) is 2. The maximum atomic E-state index is 13.3. The van der Waals surface area contributed by atoms with Gasteiger partial charge in [-0.1, -0.05) is 47.5 Å². The lowest BCUT2D eigenvalue weighted by atomic mass is 10.1. The molecule has 0 aliphatic carbocycles. The molecule has 0 fully saturated rings. The predicted molar refractivity (Wildman–Crippen MR) is 97.6 cm³/mol. The van der Waals surface area contributed by atoms with Crippen molar-refractivity contribution in [2.24, 2.45) is 0 Å². The average Bonchev–Trinajstić information content (AvgIpc) is 2.62. The number of hydrogen-bond donors (Lipinski definition) is 0. The van der Waals surface area contributed by atoms with Crippen LogP contribution in [0, 0.1) is 5.82 Å². The van der Waals surface area contributed by atoms with Crippen molar-refractivity contribution in [1.29, 1.82) is 0 Å². The molecule has 1 heterocycles. The molecular formula is C19H13Cl2FN2O. The quantitative estimate of drug-likeness (QED) is 0.614. The number of halogens is 3. The Kier molecular flexibility index (Phi) is 5.31. The lowest BCUT2D eigenvalue weighted by Gasteiger charge is -2.23. The van der Waals surface area contributed by atoms with Gasteiger partial charge < -0.3 is 0 Å². The van der Waals surface area contributed by atoms with E-state index in [0.29, 0.717) is 22.0 Å². The number of hydrogen-bond acceptors (Lipinski definition) is 2. The summed E-state index contributed by atoms with van der Waals surface area (Å²) in [7, 11) is 0. The standard InChI is InChI=1S/C19H13Cl2FN2O/c20-16-6-2-1-5-15(16)19(25)24(18-7-3-4-10-23-18)12-13-8-9-14(22)11-17(13)21/h1-11H,12H2. The molecule has 0 N–H and O–H groups in total. The van der Waals surface area contributed by atoms with Crippen LogP contribution in [0.3, 0.4) is 0 Å². The van der Waals surface area contributed by atoms with E-state index in [9.17, 15) is 9.18 Å². The summed E-state index contributed by atoms with van der Waals surface area (Å²) < 4.78 is 13.3. The van der Waals surface area contributed by atoms with Crippen LogP contribution in [0.1, 0.15) is 15.9 Å². The minimum absolute atomic E-state index is 0.139. The molecule has 0 saturated heterocycles. The van der Waals surface area contributed by atoms with Crippen LogP contribution in [-0.2, 0) is 6.54 Å². The van der Waals surface area contributed by atoms with E-state index >= 15 is 0 Å². The van der Waals surface area contributed by atoms with Crippen molar-refractivity contribution in [3.63, 3.8) is 0 Å². The van der Waals surface area contributed by atoms with Gasteiger partial charge in [0.1, 0.15) is 11.6 Å². The zero-order valence-electron chi connectivity index (χ0n) is 13.0. The van der Waals surface area contributed by atoms with Crippen LogP contribution in [0.5, 0.6) is 0 Å². The third kappa shape index (κ3) is 3.98. The summed E-state index contributed by atoms with van der Waals surface area (Å²) in [6.07, 6.45) is 1.59. The molecule has 3 rings (SSSR count). The Bertz CT molecular complexity index is 903. The van der Waals surface area contributed by atoms with Crippen molar-refractivity contribution in [3.8, 4) is 0 Å². The highest BCUT2D eigenvalue weighted by Gasteiger charge is 2.22. The highest BCUT2D eigenvalue weighted by atomic mass is 35.5. The van der Waals surface area contributed by atoms with Crippen LogP contribution >= 0.6 is 23.2 Å². The van der Waals surface area contributed by atoms with Gasteiger partial charge in [-0.25, -0.2) is 9.37 Å². The lowest BCUT2D eigenvalue weighted by molar-refractivity contribution is 0.0984. The van der Waals surface area contributed by atoms with Crippen LogP contribution in [-0.4, -0.2) is 10.9 Å². The van der Waals surface area contributed by atoms with E-state index in [1.54, 1.807) is 54.7 Å². The number of anilines is 1. The monoisotopic (exact) mass is 374 g/mol. The summed E-state index contributed by atoms with van der Waals surface area (Å²) >= 11 is 12.3. The Balaban J connectivity index is 2.01. The van der Waals surface area contributed by atoms with Gasteiger partial charge in [0.05, 0.1) is 17.1 Å². The van der Waals surface area contributed by atoms with Gasteiger partial charge in [-0.15, -0.1) is 0 Å². The number of aromatic nitrogens is 1. The Morgan fingerprint density at radius 2 is 1.76 bits per heavy atom. The van der Waals surface area contributed by atoms with Gasteiger partial charge in [-0.2, -0.15) is 0 Å². The minimum Gasteiger partial charge on any atom is -0.288 e. The zero-order chi connectivity index (χ0) is 17.8. The van der Waals surface area contributed by atoms with E-state index in [0.717, 1.165) is 0 Å². The molecule has 0 spiro atoms. The summed E-state index contributed by atoms with van der Waals surface area (Å²) in [5, 5.41) is 0.589. The molecule has 126 valence electrons. The Labute approximate surface area is 154 Å². The summed E-state index contributed by atoms with van der Waals surface area (Å²) in [6, 6.07) is 16.1. The number of carbonyl (C=O) groups is 1. The highest BCUT2D eigenvalue weighted by Crippen LogP contribution is 2.25. The molecule has 0 unspecified atom stereocenters. The van der Waals surface area contributed by atoms with Crippen molar-refractivity contribution in [2.45, 2.75) is 6.54 Å². The van der Waals surface area contributed by atoms with Crippen molar-refractivity contribution < 1.29 is 9.18 Å². The molecule has 1 aromatic heterocycles. The van der Waals surface area contributed by atoms with E-state index in [2.05, 4.69) is 4.98 Å². The maximum absolute atomic E-state index is 13.3. The van der Waals surface area contributed by atoms with Crippen LogP contribution in [0.15, 0.2) is 66.9 Å². The molecule has 1 amide bonds. The Hall–Kier alpha value is -2.43. The fraction of sp³-hybridized carbons (Fsp3) is 0.0526. The van der Waals surface area contributed by atoms with Gasteiger partial charge in [0.15, 0.2) is 0 Å². The topological polar surface area (TPSA) is 33.2 Å². The molecule has 0 bridgehead atoms. The van der Waals surface area contributed by atoms with E-state index < -0.39 is 5.82 Å². The second-order valence-corrected chi connectivity index (χ2v) is 6.11. The van der Waals surface area contributed by atoms with Gasteiger partial charge in [0.2, 0.25) is 0 Å². The van der Waals surface area contributed by atoms with Gasteiger partial charge in [-0.05, 0) is 42.0 Å². The van der Waals surface area contributed by atoms with Crippen molar-refractivity contribution in [2.75, 3.05) is 4.90 Å². The SMILES string of the molecule is O=C(c1ccccc1Cl)N(Cc1ccc(F)cc1Cl)c1ccccn1. The van der Waals surface area contributed by atoms with Gasteiger partial charge in [-0.3, -0.25) is 9.69 Å². The summed E-state index contributed by atoms with van der Waals surface area (Å²) in [4.78, 5) is 18.7. The van der Waals surface area contributed by atoms with Crippen LogP contribution < -0.4 is 4.90 Å². The summed E-state index contributed by atoms with van der Waals surface area (Å²) in [5.41, 5.74) is 0.960. The highest BCUT2D eigenvalue weighted by molar-refractivity contribution is 6.34. The molecule has 25 heavy (non-hydrogen) atoms. The van der Waals surface area contributed by atoms with E-state index in [1.165, 1.54) is 17.0 Å². The second-order valence-electron chi connectivity index (χ2n) is 5.29. The van der Waals surface area contributed by atoms with Gasteiger partial charge in [0, 0.05) is 11.2 Å². The average molecular weight is 375 g/mol. The first-order valence-corrected chi connectivity index (χ1v) is 8.23. The molecule has 3 aromatic rings. The fourth-order valence-electron chi connectivity index (χ4n) is 2.37. The molecule has 0 aliphatic heterocycles. The molecule has 3 nitrogen and oxygen atoms in total. The molecule has 0 aliphatic rings. The van der Waals surface area contributed by atoms with Crippen molar-refractivity contribution in [1.82, 2.24) is 4.98 Å². The number of pyridine rings is 1. The van der Waals surface area contributed by atoms with Crippen LogP contribution in [0.25, 0.3) is 0 Å². The maximum Gasteiger partial charge on any atom is 0.261 e. The first-order chi connectivity index (χ1) is 12.1. The van der Waals surface area contributed by atoms with E-state index in [4.69, 9.17) is 23.2 Å². The lowest BCUT2D eigenvalue weighted by Crippen LogP contribution is -2.31. The second kappa shape index (κ2) is 7.64. The van der Waals surface area contributed by atoms with E-state index in [-0.39, 0.29) is 17.5 Å². The minimum atomic E-state index is -0.435. The van der Waals surface area contributed by atoms with Crippen LogP contribution in [0.4, 0.5) is 10.2 Å². The van der Waals surface area contributed by atoms with E-state index in [1.807, 2.05) is 0 Å². The van der Waals surface area contributed by atoms with Gasteiger partial charge in [0.25, 0.3) is 5.91 Å². The number of carbonyl (C=O) groups excluding carboxylic acids is 1. The van der Waals surface area contributed by atoms with Crippen LogP contribution in [0.2, 0.25) is 10.0 Å². The number of rotatable bonds is 4. The smallest absolute Gasteiger partial charge is 0.261 e. The predicted octanol–water partition coefficient (Wildman–Crippen LogP) is 5.37. The molecule has 6 heteroatoms. The first kappa shape index (κ1) is 17.4. The largest absolute Gasteiger partial charge is 0.288 e.